The lowest BCUT2D eigenvalue weighted by Gasteiger charge is -2.10. The smallest absolute Gasteiger partial charge is 0.131 e. The number of hydrogen-bond donors (Lipinski definition) is 1. The van der Waals surface area contributed by atoms with Gasteiger partial charge in [-0.05, 0) is 54.3 Å². The molecule has 3 rings (SSSR count). The molecule has 0 atom stereocenters. The minimum atomic E-state index is -0.444. The quantitative estimate of drug-likeness (QED) is 0.352. The second-order valence-electron chi connectivity index (χ2n) is 6.89. The summed E-state index contributed by atoms with van der Waals surface area (Å²) in [7, 11) is 0. The molecule has 0 aromatic heterocycles. The highest BCUT2D eigenvalue weighted by Crippen LogP contribution is 2.30. The molecule has 0 saturated carbocycles. The van der Waals surface area contributed by atoms with Gasteiger partial charge in [0.05, 0.1) is 5.76 Å². The maximum absolute atomic E-state index is 14.7. The highest BCUT2D eigenvalue weighted by Gasteiger charge is 2.11. The van der Waals surface area contributed by atoms with Crippen LogP contribution in [0, 0.1) is 18.6 Å². The number of aliphatic hydroxyl groups excluding tert-OH is 1. The molecule has 0 amide bonds. The van der Waals surface area contributed by atoms with Crippen molar-refractivity contribution in [2.75, 3.05) is 0 Å². The zero-order valence-corrected chi connectivity index (χ0v) is 16.4. The number of hydrogen-bond acceptors (Lipinski definition) is 1. The van der Waals surface area contributed by atoms with Crippen LogP contribution >= 0.6 is 0 Å². The molecule has 29 heavy (non-hydrogen) atoms. The Morgan fingerprint density at radius 1 is 0.828 bits per heavy atom. The van der Waals surface area contributed by atoms with Crippen molar-refractivity contribution in [3.63, 3.8) is 0 Å². The molecule has 146 valence electrons. The van der Waals surface area contributed by atoms with Crippen molar-refractivity contribution >= 4 is 5.57 Å². The monoisotopic (exact) mass is 388 g/mol. The Morgan fingerprint density at radius 2 is 1.41 bits per heavy atom. The van der Waals surface area contributed by atoms with Gasteiger partial charge in [-0.15, -0.1) is 0 Å². The molecule has 1 nitrogen and oxygen atoms in total. The minimum Gasteiger partial charge on any atom is -0.513 e. The summed E-state index contributed by atoms with van der Waals surface area (Å²) in [6.45, 7) is 7.21. The fraction of sp³-hybridized carbons (Fsp3) is 0.0769. The van der Waals surface area contributed by atoms with Crippen LogP contribution in [0.1, 0.15) is 18.1 Å². The van der Waals surface area contributed by atoms with Crippen LogP contribution in [0.3, 0.4) is 0 Å². The van der Waals surface area contributed by atoms with E-state index >= 15 is 0 Å². The highest BCUT2D eigenvalue weighted by atomic mass is 19.1. The molecule has 0 saturated heterocycles. The Morgan fingerprint density at radius 3 is 1.97 bits per heavy atom. The van der Waals surface area contributed by atoms with Crippen LogP contribution in [0.25, 0.3) is 27.8 Å². The molecule has 1 N–H and O–H groups in total. The summed E-state index contributed by atoms with van der Waals surface area (Å²) in [5.74, 6) is -0.683. The van der Waals surface area contributed by atoms with E-state index in [9.17, 15) is 13.9 Å². The Bertz CT molecular complexity index is 1100. The fourth-order valence-electron chi connectivity index (χ4n) is 3.07. The first kappa shape index (κ1) is 20.3. The van der Waals surface area contributed by atoms with Gasteiger partial charge in [0, 0.05) is 11.1 Å². The van der Waals surface area contributed by atoms with Gasteiger partial charge in [-0.3, -0.25) is 0 Å². The first-order valence-corrected chi connectivity index (χ1v) is 9.26. The molecule has 0 spiro atoms. The topological polar surface area (TPSA) is 20.2 Å². The van der Waals surface area contributed by atoms with Crippen LogP contribution in [0.4, 0.5) is 8.78 Å². The van der Waals surface area contributed by atoms with Gasteiger partial charge in [0.25, 0.3) is 0 Å². The van der Waals surface area contributed by atoms with Gasteiger partial charge in [-0.2, -0.15) is 0 Å². The Kier molecular flexibility index (Phi) is 6.08. The van der Waals surface area contributed by atoms with E-state index in [1.54, 1.807) is 30.3 Å². The van der Waals surface area contributed by atoms with Gasteiger partial charge in [0.2, 0.25) is 0 Å². The van der Waals surface area contributed by atoms with E-state index in [0.29, 0.717) is 27.8 Å². The lowest BCUT2D eigenvalue weighted by molar-refractivity contribution is 0.414. The summed E-state index contributed by atoms with van der Waals surface area (Å²) in [5, 5.41) is 9.30. The molecule has 0 aliphatic heterocycles. The molecule has 0 unspecified atom stereocenters. The van der Waals surface area contributed by atoms with Crippen LogP contribution < -0.4 is 0 Å². The summed E-state index contributed by atoms with van der Waals surface area (Å²) in [4.78, 5) is 0. The van der Waals surface area contributed by atoms with Crippen molar-refractivity contribution < 1.29 is 13.9 Å². The number of aryl methyl sites for hydroxylation is 1. The molecule has 0 fully saturated rings. The van der Waals surface area contributed by atoms with E-state index in [1.807, 2.05) is 31.2 Å². The van der Waals surface area contributed by atoms with E-state index in [0.717, 1.165) is 11.1 Å². The van der Waals surface area contributed by atoms with Gasteiger partial charge in [0.15, 0.2) is 0 Å². The largest absolute Gasteiger partial charge is 0.513 e. The molecule has 0 bridgehead atoms. The standard InChI is InChI=1S/C26H22F2O/c1-4-19(10-7-18(3)29)23-13-11-21(15-25(23)27)22-12-14-24(26(28)16-22)20-8-5-17(2)6-9-20/h4-16,29H,1H2,2-3H3/b18-7+,19-10+. The van der Waals surface area contributed by atoms with Gasteiger partial charge in [-0.1, -0.05) is 72.8 Å². The van der Waals surface area contributed by atoms with Crippen LogP contribution in [0.2, 0.25) is 0 Å². The van der Waals surface area contributed by atoms with Gasteiger partial charge >= 0.3 is 0 Å². The van der Waals surface area contributed by atoms with E-state index in [-0.39, 0.29) is 11.6 Å². The van der Waals surface area contributed by atoms with Gasteiger partial charge < -0.3 is 5.11 Å². The Hall–Kier alpha value is -3.46. The minimum absolute atomic E-state index is 0.116. The molecule has 0 radical (unpaired) electrons. The lowest BCUT2D eigenvalue weighted by atomic mass is 9.96. The predicted molar refractivity (Wildman–Crippen MR) is 117 cm³/mol. The predicted octanol–water partition coefficient (Wildman–Crippen LogP) is 7.64. The third-order valence-corrected chi connectivity index (χ3v) is 4.67. The summed E-state index contributed by atoms with van der Waals surface area (Å²) in [6.07, 6.45) is 4.59. The normalized spacial score (nSPS) is 12.1. The molecular formula is C26H22F2O. The first-order chi connectivity index (χ1) is 13.9. The summed E-state index contributed by atoms with van der Waals surface area (Å²) >= 11 is 0. The first-order valence-electron chi connectivity index (χ1n) is 9.26. The van der Waals surface area contributed by atoms with Crippen LogP contribution in [-0.2, 0) is 0 Å². The van der Waals surface area contributed by atoms with Crippen molar-refractivity contribution in [1.29, 1.82) is 0 Å². The molecule has 0 aliphatic carbocycles. The molecule has 0 aliphatic rings. The van der Waals surface area contributed by atoms with Crippen LogP contribution in [-0.4, -0.2) is 5.11 Å². The average Bonchev–Trinajstić information content (AvgIpc) is 2.70. The number of allylic oxidation sites excluding steroid dienone is 5. The third kappa shape index (κ3) is 4.69. The van der Waals surface area contributed by atoms with Crippen molar-refractivity contribution in [3.8, 4) is 22.3 Å². The third-order valence-electron chi connectivity index (χ3n) is 4.67. The zero-order valence-electron chi connectivity index (χ0n) is 16.4. The molecule has 3 aromatic carbocycles. The highest BCUT2D eigenvalue weighted by molar-refractivity contribution is 5.78. The Labute approximate surface area is 170 Å². The SMILES string of the molecule is C=C/C(=C\C=C(/C)O)c1ccc(-c2ccc(-c3ccc(C)cc3)c(F)c2)cc1F. The van der Waals surface area contributed by atoms with Crippen LogP contribution in [0.15, 0.2) is 91.2 Å². The number of halogens is 2. The second kappa shape index (κ2) is 8.70. The average molecular weight is 388 g/mol. The summed E-state index contributed by atoms with van der Waals surface area (Å²) in [6, 6.07) is 17.3. The number of aliphatic hydroxyl groups is 1. The molecular weight excluding hydrogens is 366 g/mol. The summed E-state index contributed by atoms with van der Waals surface area (Å²) in [5.41, 5.74) is 4.50. The second-order valence-corrected chi connectivity index (χ2v) is 6.89. The van der Waals surface area contributed by atoms with E-state index in [2.05, 4.69) is 6.58 Å². The van der Waals surface area contributed by atoms with E-state index in [4.69, 9.17) is 0 Å². The Balaban J connectivity index is 1.95. The molecule has 3 aromatic rings. The van der Waals surface area contributed by atoms with E-state index in [1.165, 1.54) is 31.2 Å². The maximum Gasteiger partial charge on any atom is 0.131 e. The van der Waals surface area contributed by atoms with E-state index < -0.39 is 5.82 Å². The lowest BCUT2D eigenvalue weighted by Crippen LogP contribution is -1.91. The molecule has 0 heterocycles. The van der Waals surface area contributed by atoms with Gasteiger partial charge in [0.1, 0.15) is 11.6 Å². The van der Waals surface area contributed by atoms with Crippen molar-refractivity contribution in [2.45, 2.75) is 13.8 Å². The van der Waals surface area contributed by atoms with Crippen molar-refractivity contribution in [3.05, 3.63) is 114 Å². The number of benzene rings is 3. The fourth-order valence-corrected chi connectivity index (χ4v) is 3.07. The summed E-state index contributed by atoms with van der Waals surface area (Å²) < 4.78 is 29.4. The van der Waals surface area contributed by atoms with Gasteiger partial charge in [-0.25, -0.2) is 8.78 Å². The van der Waals surface area contributed by atoms with Crippen molar-refractivity contribution in [2.24, 2.45) is 0 Å². The zero-order chi connectivity index (χ0) is 21.0. The van der Waals surface area contributed by atoms with Crippen LogP contribution in [0.5, 0.6) is 0 Å². The molecule has 3 heteroatoms. The number of rotatable bonds is 5. The maximum atomic E-state index is 14.7. The van der Waals surface area contributed by atoms with Crippen molar-refractivity contribution in [1.82, 2.24) is 0 Å².